The van der Waals surface area contributed by atoms with Crippen molar-refractivity contribution in [3.8, 4) is 11.3 Å². The second-order valence-corrected chi connectivity index (χ2v) is 4.39. The molecule has 0 bridgehead atoms. The predicted octanol–water partition coefficient (Wildman–Crippen LogP) is 2.15. The van der Waals surface area contributed by atoms with E-state index in [0.717, 1.165) is 22.6 Å². The molecule has 16 heavy (non-hydrogen) atoms. The SMILES string of the molecule is Cc1cc(-c2nnsc2CCN)ccc1F. The van der Waals surface area contributed by atoms with Crippen LogP contribution in [-0.4, -0.2) is 16.1 Å². The van der Waals surface area contributed by atoms with Crippen LogP contribution in [0, 0.1) is 12.7 Å². The molecule has 3 nitrogen and oxygen atoms in total. The first-order valence-electron chi connectivity index (χ1n) is 5.00. The van der Waals surface area contributed by atoms with Crippen molar-refractivity contribution >= 4 is 11.5 Å². The lowest BCUT2D eigenvalue weighted by atomic mass is 10.1. The van der Waals surface area contributed by atoms with Gasteiger partial charge in [-0.2, -0.15) is 0 Å². The summed E-state index contributed by atoms with van der Waals surface area (Å²) in [6, 6.07) is 4.96. The summed E-state index contributed by atoms with van der Waals surface area (Å²) in [5.41, 5.74) is 7.84. The molecular formula is C11H12FN3S. The van der Waals surface area contributed by atoms with Crippen LogP contribution in [-0.2, 0) is 6.42 Å². The van der Waals surface area contributed by atoms with Crippen molar-refractivity contribution in [1.82, 2.24) is 9.59 Å². The van der Waals surface area contributed by atoms with Gasteiger partial charge in [0.1, 0.15) is 11.5 Å². The standard InChI is InChI=1S/C11H12FN3S/c1-7-6-8(2-3-9(7)12)11-10(4-5-13)16-15-14-11/h2-3,6H,4-5,13H2,1H3. The molecule has 0 radical (unpaired) electrons. The van der Waals surface area contributed by atoms with Crippen molar-refractivity contribution in [2.75, 3.05) is 6.54 Å². The Hall–Kier alpha value is -1.33. The molecule has 1 aromatic heterocycles. The zero-order valence-electron chi connectivity index (χ0n) is 8.90. The van der Waals surface area contributed by atoms with E-state index in [4.69, 9.17) is 5.73 Å². The Labute approximate surface area is 97.3 Å². The van der Waals surface area contributed by atoms with E-state index in [1.54, 1.807) is 19.1 Å². The number of halogens is 1. The van der Waals surface area contributed by atoms with Gasteiger partial charge >= 0.3 is 0 Å². The Morgan fingerprint density at radius 2 is 2.25 bits per heavy atom. The molecule has 0 atom stereocenters. The largest absolute Gasteiger partial charge is 0.330 e. The minimum Gasteiger partial charge on any atom is -0.330 e. The number of rotatable bonds is 3. The Morgan fingerprint density at radius 1 is 1.44 bits per heavy atom. The molecule has 0 aliphatic heterocycles. The summed E-state index contributed by atoms with van der Waals surface area (Å²) in [6.45, 7) is 2.30. The van der Waals surface area contributed by atoms with Gasteiger partial charge in [-0.3, -0.25) is 0 Å². The number of nitrogens with two attached hydrogens (primary N) is 1. The summed E-state index contributed by atoms with van der Waals surface area (Å²) in [7, 11) is 0. The molecule has 2 aromatic rings. The fraction of sp³-hybridized carbons (Fsp3) is 0.273. The van der Waals surface area contributed by atoms with Gasteiger partial charge in [-0.15, -0.1) is 5.10 Å². The summed E-state index contributed by atoms with van der Waals surface area (Å²) in [5.74, 6) is -0.202. The smallest absolute Gasteiger partial charge is 0.126 e. The second-order valence-electron chi connectivity index (χ2n) is 3.55. The molecule has 2 rings (SSSR count). The maximum absolute atomic E-state index is 13.1. The molecule has 1 aromatic carbocycles. The second kappa shape index (κ2) is 4.67. The highest BCUT2D eigenvalue weighted by atomic mass is 32.1. The summed E-state index contributed by atoms with van der Waals surface area (Å²) in [5, 5.41) is 4.07. The Bertz CT molecular complexity index is 496. The van der Waals surface area contributed by atoms with Crippen LogP contribution in [0.1, 0.15) is 10.4 Å². The summed E-state index contributed by atoms with van der Waals surface area (Å²) < 4.78 is 17.0. The van der Waals surface area contributed by atoms with E-state index in [-0.39, 0.29) is 5.82 Å². The van der Waals surface area contributed by atoms with Gasteiger partial charge in [0.15, 0.2) is 0 Å². The predicted molar refractivity (Wildman–Crippen MR) is 62.8 cm³/mol. The molecular weight excluding hydrogens is 225 g/mol. The monoisotopic (exact) mass is 237 g/mol. The van der Waals surface area contributed by atoms with Gasteiger partial charge in [-0.05, 0) is 55.2 Å². The molecule has 0 fully saturated rings. The highest BCUT2D eigenvalue weighted by molar-refractivity contribution is 7.06. The average Bonchev–Trinajstić information content (AvgIpc) is 2.71. The molecule has 84 valence electrons. The van der Waals surface area contributed by atoms with E-state index < -0.39 is 0 Å². The molecule has 0 spiro atoms. The first kappa shape index (κ1) is 11.2. The zero-order valence-corrected chi connectivity index (χ0v) is 9.72. The molecule has 0 aliphatic rings. The fourth-order valence-electron chi connectivity index (χ4n) is 1.52. The van der Waals surface area contributed by atoms with Gasteiger partial charge in [-0.1, -0.05) is 4.49 Å². The van der Waals surface area contributed by atoms with Gasteiger partial charge in [0.05, 0.1) is 4.88 Å². The lowest BCUT2D eigenvalue weighted by Crippen LogP contribution is -2.02. The van der Waals surface area contributed by atoms with E-state index in [9.17, 15) is 4.39 Å². The number of nitrogens with zero attached hydrogens (tertiary/aromatic N) is 2. The van der Waals surface area contributed by atoms with Crippen LogP contribution in [0.15, 0.2) is 18.2 Å². The first-order valence-corrected chi connectivity index (χ1v) is 5.77. The first-order chi connectivity index (χ1) is 7.72. The maximum Gasteiger partial charge on any atom is 0.126 e. The van der Waals surface area contributed by atoms with E-state index in [0.29, 0.717) is 12.1 Å². The van der Waals surface area contributed by atoms with E-state index in [1.165, 1.54) is 17.6 Å². The average molecular weight is 237 g/mol. The van der Waals surface area contributed by atoms with E-state index in [1.807, 2.05) is 0 Å². The van der Waals surface area contributed by atoms with Crippen LogP contribution in [0.25, 0.3) is 11.3 Å². The van der Waals surface area contributed by atoms with Crippen molar-refractivity contribution in [2.24, 2.45) is 5.73 Å². The van der Waals surface area contributed by atoms with Crippen LogP contribution < -0.4 is 5.73 Å². The number of aromatic nitrogens is 2. The van der Waals surface area contributed by atoms with E-state index in [2.05, 4.69) is 9.59 Å². The summed E-state index contributed by atoms with van der Waals surface area (Å²) in [4.78, 5) is 1.05. The third-order valence-corrected chi connectivity index (χ3v) is 3.14. The minimum absolute atomic E-state index is 0.202. The third kappa shape index (κ3) is 2.10. The lowest BCUT2D eigenvalue weighted by molar-refractivity contribution is 0.618. The normalized spacial score (nSPS) is 10.7. The Kier molecular flexibility index (Phi) is 3.26. The Balaban J connectivity index is 2.42. The number of hydrogen-bond acceptors (Lipinski definition) is 4. The maximum atomic E-state index is 13.1. The fourth-order valence-corrected chi connectivity index (χ4v) is 2.19. The number of benzene rings is 1. The van der Waals surface area contributed by atoms with Gasteiger partial charge < -0.3 is 5.73 Å². The number of aryl methyl sites for hydroxylation is 1. The van der Waals surface area contributed by atoms with Crippen LogP contribution in [0.3, 0.4) is 0 Å². The van der Waals surface area contributed by atoms with Gasteiger partial charge in [-0.25, -0.2) is 4.39 Å². The van der Waals surface area contributed by atoms with Gasteiger partial charge in [0.25, 0.3) is 0 Å². The summed E-state index contributed by atoms with van der Waals surface area (Å²) >= 11 is 1.34. The van der Waals surface area contributed by atoms with Crippen LogP contribution >= 0.6 is 11.5 Å². The zero-order chi connectivity index (χ0) is 11.5. The van der Waals surface area contributed by atoms with Crippen molar-refractivity contribution in [1.29, 1.82) is 0 Å². The van der Waals surface area contributed by atoms with Gasteiger partial charge in [0, 0.05) is 5.56 Å². The molecule has 0 saturated heterocycles. The van der Waals surface area contributed by atoms with Crippen molar-refractivity contribution < 1.29 is 4.39 Å². The van der Waals surface area contributed by atoms with Crippen LogP contribution in [0.5, 0.6) is 0 Å². The van der Waals surface area contributed by atoms with Crippen molar-refractivity contribution in [3.05, 3.63) is 34.5 Å². The summed E-state index contributed by atoms with van der Waals surface area (Å²) in [6.07, 6.45) is 0.753. The molecule has 2 N–H and O–H groups in total. The van der Waals surface area contributed by atoms with Crippen molar-refractivity contribution in [2.45, 2.75) is 13.3 Å². The molecule has 0 saturated carbocycles. The quantitative estimate of drug-likeness (QED) is 0.890. The molecule has 0 aliphatic carbocycles. The van der Waals surface area contributed by atoms with Gasteiger partial charge in [0.2, 0.25) is 0 Å². The Morgan fingerprint density at radius 3 is 2.94 bits per heavy atom. The van der Waals surface area contributed by atoms with Crippen LogP contribution in [0.2, 0.25) is 0 Å². The molecule has 0 unspecified atom stereocenters. The third-order valence-electron chi connectivity index (χ3n) is 2.36. The molecule has 1 heterocycles. The van der Waals surface area contributed by atoms with E-state index >= 15 is 0 Å². The lowest BCUT2D eigenvalue weighted by Gasteiger charge is -2.02. The minimum atomic E-state index is -0.202. The molecule has 0 amide bonds. The highest BCUT2D eigenvalue weighted by Gasteiger charge is 2.10. The topological polar surface area (TPSA) is 51.8 Å². The highest BCUT2D eigenvalue weighted by Crippen LogP contribution is 2.25. The molecule has 5 heteroatoms. The van der Waals surface area contributed by atoms with Crippen LogP contribution in [0.4, 0.5) is 4.39 Å². The number of hydrogen-bond donors (Lipinski definition) is 1. The van der Waals surface area contributed by atoms with Crippen molar-refractivity contribution in [3.63, 3.8) is 0 Å².